The zero-order valence-corrected chi connectivity index (χ0v) is 12.5. The molecule has 1 fully saturated rings. The molecule has 0 aliphatic carbocycles. The smallest absolute Gasteiger partial charge is 0.108 e. The predicted octanol–water partition coefficient (Wildman–Crippen LogP) is 4.48. The number of nitrogens with zero attached hydrogens (tertiary/aromatic N) is 1. The first-order valence-corrected chi connectivity index (χ1v) is 7.62. The monoisotopic (exact) mass is 269 g/mol. The van der Waals surface area contributed by atoms with E-state index in [-0.39, 0.29) is 0 Å². The van der Waals surface area contributed by atoms with Crippen LogP contribution in [0.15, 0.2) is 34.7 Å². The standard InChI is InChI=1S/C18H23NO/c1-14-6-8-16(13-17-9-7-15(2)20-17)18(12-14)19-10-4-3-5-11-19/h6-9,12H,3-5,10-11,13H2,1-2H3. The molecule has 0 saturated carbocycles. The maximum absolute atomic E-state index is 5.74. The molecule has 0 radical (unpaired) electrons. The topological polar surface area (TPSA) is 16.4 Å². The maximum Gasteiger partial charge on any atom is 0.108 e. The van der Waals surface area contributed by atoms with E-state index in [1.807, 2.05) is 13.0 Å². The number of piperidine rings is 1. The molecule has 0 N–H and O–H groups in total. The summed E-state index contributed by atoms with van der Waals surface area (Å²) in [4.78, 5) is 2.54. The summed E-state index contributed by atoms with van der Waals surface area (Å²) in [6.45, 7) is 6.56. The van der Waals surface area contributed by atoms with Crippen molar-refractivity contribution >= 4 is 5.69 Å². The van der Waals surface area contributed by atoms with Gasteiger partial charge in [0.15, 0.2) is 0 Å². The first kappa shape index (κ1) is 13.3. The minimum Gasteiger partial charge on any atom is -0.466 e. The molecule has 0 atom stereocenters. The first-order chi connectivity index (χ1) is 9.72. The maximum atomic E-state index is 5.74. The zero-order valence-electron chi connectivity index (χ0n) is 12.5. The van der Waals surface area contributed by atoms with Gasteiger partial charge >= 0.3 is 0 Å². The Morgan fingerprint density at radius 1 is 1.00 bits per heavy atom. The summed E-state index contributed by atoms with van der Waals surface area (Å²) in [5.74, 6) is 2.05. The van der Waals surface area contributed by atoms with Crippen LogP contribution in [0.1, 0.15) is 41.9 Å². The molecular formula is C18H23NO. The highest BCUT2D eigenvalue weighted by Crippen LogP contribution is 2.28. The van der Waals surface area contributed by atoms with E-state index < -0.39 is 0 Å². The van der Waals surface area contributed by atoms with Gasteiger partial charge < -0.3 is 9.32 Å². The van der Waals surface area contributed by atoms with E-state index in [4.69, 9.17) is 4.42 Å². The molecule has 0 spiro atoms. The number of anilines is 1. The first-order valence-electron chi connectivity index (χ1n) is 7.62. The minimum absolute atomic E-state index is 0.889. The molecule has 20 heavy (non-hydrogen) atoms. The van der Waals surface area contributed by atoms with Gasteiger partial charge in [-0.25, -0.2) is 0 Å². The van der Waals surface area contributed by atoms with Crippen molar-refractivity contribution in [1.82, 2.24) is 0 Å². The van der Waals surface area contributed by atoms with Crippen molar-refractivity contribution in [2.24, 2.45) is 0 Å². The second-order valence-corrected chi connectivity index (χ2v) is 5.87. The molecular weight excluding hydrogens is 246 g/mol. The molecule has 1 saturated heterocycles. The lowest BCUT2D eigenvalue weighted by Crippen LogP contribution is -2.30. The molecule has 1 aromatic heterocycles. The van der Waals surface area contributed by atoms with Crippen molar-refractivity contribution in [3.8, 4) is 0 Å². The molecule has 3 rings (SSSR count). The van der Waals surface area contributed by atoms with E-state index in [1.165, 1.54) is 49.2 Å². The van der Waals surface area contributed by atoms with Gasteiger partial charge in [-0.1, -0.05) is 12.1 Å². The lowest BCUT2D eigenvalue weighted by atomic mass is 10.0. The Labute approximate surface area is 121 Å². The Morgan fingerprint density at radius 3 is 2.50 bits per heavy atom. The van der Waals surface area contributed by atoms with E-state index in [0.717, 1.165) is 17.9 Å². The van der Waals surface area contributed by atoms with Crippen LogP contribution in [-0.2, 0) is 6.42 Å². The number of benzene rings is 1. The summed E-state index contributed by atoms with van der Waals surface area (Å²) in [6.07, 6.45) is 4.88. The molecule has 0 bridgehead atoms. The summed E-state index contributed by atoms with van der Waals surface area (Å²) >= 11 is 0. The lowest BCUT2D eigenvalue weighted by Gasteiger charge is -2.31. The third kappa shape index (κ3) is 2.90. The average Bonchev–Trinajstić information content (AvgIpc) is 2.87. The van der Waals surface area contributed by atoms with Crippen molar-refractivity contribution in [2.75, 3.05) is 18.0 Å². The van der Waals surface area contributed by atoms with E-state index in [2.05, 4.69) is 36.1 Å². The number of aryl methyl sites for hydroxylation is 2. The van der Waals surface area contributed by atoms with Crippen LogP contribution in [0.3, 0.4) is 0 Å². The quantitative estimate of drug-likeness (QED) is 0.817. The molecule has 106 valence electrons. The Balaban J connectivity index is 1.89. The van der Waals surface area contributed by atoms with Gasteiger partial charge in [-0.2, -0.15) is 0 Å². The highest BCUT2D eigenvalue weighted by Gasteiger charge is 2.15. The van der Waals surface area contributed by atoms with Crippen molar-refractivity contribution in [3.05, 3.63) is 53.0 Å². The fraction of sp³-hybridized carbons (Fsp3) is 0.444. The Bertz CT molecular complexity index is 579. The lowest BCUT2D eigenvalue weighted by molar-refractivity contribution is 0.492. The van der Waals surface area contributed by atoms with Crippen LogP contribution in [-0.4, -0.2) is 13.1 Å². The van der Waals surface area contributed by atoms with Crippen LogP contribution >= 0.6 is 0 Å². The average molecular weight is 269 g/mol. The third-order valence-corrected chi connectivity index (χ3v) is 4.10. The fourth-order valence-electron chi connectivity index (χ4n) is 3.02. The molecule has 0 unspecified atom stereocenters. The summed E-state index contributed by atoms with van der Waals surface area (Å²) < 4.78 is 5.74. The molecule has 1 aromatic carbocycles. The normalized spacial score (nSPS) is 15.6. The third-order valence-electron chi connectivity index (χ3n) is 4.10. The van der Waals surface area contributed by atoms with E-state index in [9.17, 15) is 0 Å². The Kier molecular flexibility index (Phi) is 3.81. The summed E-state index contributed by atoms with van der Waals surface area (Å²) in [5.41, 5.74) is 4.12. The fourth-order valence-corrected chi connectivity index (χ4v) is 3.02. The SMILES string of the molecule is Cc1ccc(Cc2ccc(C)o2)c(N2CCCCC2)c1. The molecule has 2 nitrogen and oxygen atoms in total. The van der Waals surface area contributed by atoms with Crippen LogP contribution < -0.4 is 4.90 Å². The van der Waals surface area contributed by atoms with Crippen molar-refractivity contribution in [2.45, 2.75) is 39.5 Å². The van der Waals surface area contributed by atoms with E-state index in [0.29, 0.717) is 0 Å². The van der Waals surface area contributed by atoms with Gasteiger partial charge in [0.2, 0.25) is 0 Å². The van der Waals surface area contributed by atoms with Gasteiger partial charge in [-0.15, -0.1) is 0 Å². The van der Waals surface area contributed by atoms with Crippen LogP contribution in [0.5, 0.6) is 0 Å². The highest BCUT2D eigenvalue weighted by molar-refractivity contribution is 5.56. The van der Waals surface area contributed by atoms with E-state index in [1.54, 1.807) is 0 Å². The van der Waals surface area contributed by atoms with Crippen LogP contribution in [0.2, 0.25) is 0 Å². The van der Waals surface area contributed by atoms with Crippen LogP contribution in [0, 0.1) is 13.8 Å². The Morgan fingerprint density at radius 2 is 1.80 bits per heavy atom. The van der Waals surface area contributed by atoms with Gasteiger partial charge in [0.05, 0.1) is 0 Å². The van der Waals surface area contributed by atoms with Crippen LogP contribution in [0.25, 0.3) is 0 Å². The molecule has 2 heteroatoms. The zero-order chi connectivity index (χ0) is 13.9. The van der Waals surface area contributed by atoms with Crippen LogP contribution in [0.4, 0.5) is 5.69 Å². The van der Waals surface area contributed by atoms with Gasteiger partial charge in [0.1, 0.15) is 11.5 Å². The molecule has 2 heterocycles. The second-order valence-electron chi connectivity index (χ2n) is 5.87. The molecule has 1 aliphatic rings. The minimum atomic E-state index is 0.889. The summed E-state index contributed by atoms with van der Waals surface area (Å²) in [5, 5.41) is 0. The largest absolute Gasteiger partial charge is 0.466 e. The van der Waals surface area contributed by atoms with Gasteiger partial charge in [0.25, 0.3) is 0 Å². The van der Waals surface area contributed by atoms with Crippen molar-refractivity contribution in [3.63, 3.8) is 0 Å². The molecule has 1 aliphatic heterocycles. The molecule has 0 amide bonds. The number of furan rings is 1. The number of rotatable bonds is 3. The van der Waals surface area contributed by atoms with Gasteiger partial charge in [-0.05, 0) is 62.4 Å². The second kappa shape index (κ2) is 5.74. The highest BCUT2D eigenvalue weighted by atomic mass is 16.3. The number of hydrogen-bond donors (Lipinski definition) is 0. The molecule has 2 aromatic rings. The summed E-state index contributed by atoms with van der Waals surface area (Å²) in [7, 11) is 0. The predicted molar refractivity (Wildman–Crippen MR) is 83.5 cm³/mol. The van der Waals surface area contributed by atoms with Gasteiger partial charge in [0, 0.05) is 25.2 Å². The Hall–Kier alpha value is -1.70. The van der Waals surface area contributed by atoms with E-state index >= 15 is 0 Å². The summed E-state index contributed by atoms with van der Waals surface area (Å²) in [6, 6.07) is 10.9. The van der Waals surface area contributed by atoms with Crippen molar-refractivity contribution in [1.29, 1.82) is 0 Å². The number of hydrogen-bond acceptors (Lipinski definition) is 2. The van der Waals surface area contributed by atoms with Crippen molar-refractivity contribution < 1.29 is 4.42 Å². The van der Waals surface area contributed by atoms with Gasteiger partial charge in [-0.3, -0.25) is 0 Å².